The van der Waals surface area contributed by atoms with Crippen LogP contribution in [0.15, 0.2) is 36.7 Å². The Labute approximate surface area is 150 Å². The molecule has 1 aliphatic rings. The molecule has 0 unspecified atom stereocenters. The van der Waals surface area contributed by atoms with Crippen LogP contribution in [0.1, 0.15) is 25.8 Å². The van der Waals surface area contributed by atoms with Crippen molar-refractivity contribution in [2.24, 2.45) is 0 Å². The first-order chi connectivity index (χ1) is 12.6. The second-order valence-corrected chi connectivity index (χ2v) is 6.36. The molecule has 0 spiro atoms. The molecule has 8 heteroatoms. The molecule has 0 radical (unpaired) electrons. The molecule has 2 N–H and O–H groups in total. The molecule has 8 nitrogen and oxygen atoms in total. The number of benzene rings is 1. The molecule has 1 fully saturated rings. The second-order valence-electron chi connectivity index (χ2n) is 6.36. The van der Waals surface area contributed by atoms with Crippen LogP contribution in [0.3, 0.4) is 0 Å². The van der Waals surface area contributed by atoms with Gasteiger partial charge in [-0.05, 0) is 25.0 Å². The number of hydrogen-bond acceptors (Lipinski definition) is 6. The maximum atomic E-state index is 11.6. The van der Waals surface area contributed by atoms with Crippen LogP contribution >= 0.6 is 0 Å². The van der Waals surface area contributed by atoms with E-state index >= 15 is 0 Å². The molecule has 0 aliphatic carbocycles. The molecule has 0 saturated carbocycles. The number of likely N-dealkylation sites (tertiary alicyclic amines) is 1. The topological polar surface area (TPSA) is 99.2 Å². The van der Waals surface area contributed by atoms with Gasteiger partial charge in [-0.25, -0.2) is 14.6 Å². The van der Waals surface area contributed by atoms with Gasteiger partial charge in [0.1, 0.15) is 23.3 Å². The first kappa shape index (κ1) is 16.3. The van der Waals surface area contributed by atoms with Gasteiger partial charge in [0.25, 0.3) is 5.88 Å². The van der Waals surface area contributed by atoms with Gasteiger partial charge in [0, 0.05) is 20.0 Å². The quantitative estimate of drug-likeness (QED) is 0.777. The lowest BCUT2D eigenvalue weighted by molar-refractivity contribution is -0.130. The zero-order valence-corrected chi connectivity index (χ0v) is 14.5. The Bertz CT molecular complexity index is 932. The average Bonchev–Trinajstić information content (AvgIpc) is 3.02. The molecule has 1 amide bonds. The normalized spacial score (nSPS) is 15.3. The van der Waals surface area contributed by atoms with Crippen LogP contribution < -0.4 is 10.5 Å². The Balaban J connectivity index is 1.70. The Morgan fingerprint density at radius 3 is 2.62 bits per heavy atom. The number of nitrogens with zero attached hydrogens (tertiary/aromatic N) is 5. The third-order valence-electron chi connectivity index (χ3n) is 4.70. The molecule has 0 atom stereocenters. The van der Waals surface area contributed by atoms with E-state index in [2.05, 4.69) is 15.1 Å². The molecule has 134 valence electrons. The van der Waals surface area contributed by atoms with Crippen LogP contribution in [0, 0.1) is 0 Å². The number of piperidine rings is 1. The predicted octanol–water partition coefficient (Wildman–Crippen LogP) is 2.38. The van der Waals surface area contributed by atoms with Gasteiger partial charge < -0.3 is 15.4 Å². The maximum absolute atomic E-state index is 11.6. The summed E-state index contributed by atoms with van der Waals surface area (Å²) >= 11 is 0. The summed E-state index contributed by atoms with van der Waals surface area (Å²) in [5.41, 5.74) is 6.74. The minimum absolute atomic E-state index is 0.105. The molecule has 4 rings (SSSR count). The lowest BCUT2D eigenvalue weighted by Crippen LogP contribution is -2.37. The van der Waals surface area contributed by atoms with E-state index in [1.54, 1.807) is 6.92 Å². The van der Waals surface area contributed by atoms with E-state index < -0.39 is 0 Å². The predicted molar refractivity (Wildman–Crippen MR) is 96.8 cm³/mol. The van der Waals surface area contributed by atoms with Crippen LogP contribution in [0.2, 0.25) is 0 Å². The molecule has 3 aromatic rings. The minimum Gasteiger partial charge on any atom is -0.437 e. The number of para-hydroxylation sites is 1. The molecular formula is C18H20N6O2. The summed E-state index contributed by atoms with van der Waals surface area (Å²) in [4.78, 5) is 21.9. The van der Waals surface area contributed by atoms with Gasteiger partial charge in [0.15, 0.2) is 5.65 Å². The number of hydrogen-bond donors (Lipinski definition) is 1. The van der Waals surface area contributed by atoms with Crippen LogP contribution in [0.25, 0.3) is 11.0 Å². The first-order valence-corrected chi connectivity index (χ1v) is 8.60. The molecule has 2 aromatic heterocycles. The number of carbonyl (C=O) groups is 1. The SMILES string of the molecule is CC(=O)N1CCC(n2nc(Oc3ccccc3)c3c(N)ncnc32)CC1. The molecule has 1 saturated heterocycles. The van der Waals surface area contributed by atoms with Crippen LogP contribution in [0.5, 0.6) is 11.6 Å². The van der Waals surface area contributed by atoms with E-state index in [-0.39, 0.29) is 11.9 Å². The van der Waals surface area contributed by atoms with Crippen molar-refractivity contribution in [3.63, 3.8) is 0 Å². The summed E-state index contributed by atoms with van der Waals surface area (Å²) < 4.78 is 7.81. The number of rotatable bonds is 3. The molecule has 0 bridgehead atoms. The van der Waals surface area contributed by atoms with Crippen molar-refractivity contribution in [3.05, 3.63) is 36.7 Å². The lowest BCUT2D eigenvalue weighted by atomic mass is 10.1. The molecule has 26 heavy (non-hydrogen) atoms. The van der Waals surface area contributed by atoms with Gasteiger partial charge in [0.05, 0.1) is 6.04 Å². The molecule has 3 heterocycles. The number of aromatic nitrogens is 4. The van der Waals surface area contributed by atoms with Gasteiger partial charge in [-0.2, -0.15) is 0 Å². The summed E-state index contributed by atoms with van der Waals surface area (Å²) in [6, 6.07) is 9.56. The van der Waals surface area contributed by atoms with Gasteiger partial charge >= 0.3 is 0 Å². The maximum Gasteiger partial charge on any atom is 0.251 e. The highest BCUT2D eigenvalue weighted by Crippen LogP contribution is 2.34. The zero-order valence-electron chi connectivity index (χ0n) is 14.5. The highest BCUT2D eigenvalue weighted by molar-refractivity contribution is 5.90. The lowest BCUT2D eigenvalue weighted by Gasteiger charge is -2.31. The molecule has 1 aliphatic heterocycles. The van der Waals surface area contributed by atoms with E-state index in [9.17, 15) is 4.79 Å². The largest absolute Gasteiger partial charge is 0.437 e. The highest BCUT2D eigenvalue weighted by Gasteiger charge is 2.27. The summed E-state index contributed by atoms with van der Waals surface area (Å²) in [7, 11) is 0. The summed E-state index contributed by atoms with van der Waals surface area (Å²) in [6.45, 7) is 3.01. The number of nitrogens with two attached hydrogens (primary N) is 1. The molecule has 1 aromatic carbocycles. The Kier molecular flexibility index (Phi) is 4.16. The fourth-order valence-corrected chi connectivity index (χ4v) is 3.32. The van der Waals surface area contributed by atoms with E-state index in [0.29, 0.717) is 41.6 Å². The number of amides is 1. The second kappa shape index (κ2) is 6.62. The summed E-state index contributed by atoms with van der Waals surface area (Å²) in [5, 5.41) is 5.26. The number of fused-ring (bicyclic) bond motifs is 1. The van der Waals surface area contributed by atoms with Gasteiger partial charge in [-0.1, -0.05) is 18.2 Å². The van der Waals surface area contributed by atoms with Crippen molar-refractivity contribution in [1.82, 2.24) is 24.6 Å². The van der Waals surface area contributed by atoms with Crippen molar-refractivity contribution >= 4 is 22.8 Å². The molecular weight excluding hydrogens is 332 g/mol. The van der Waals surface area contributed by atoms with Crippen molar-refractivity contribution < 1.29 is 9.53 Å². The fourth-order valence-electron chi connectivity index (χ4n) is 3.32. The number of ether oxygens (including phenoxy) is 1. The zero-order chi connectivity index (χ0) is 18.1. The Morgan fingerprint density at radius 1 is 1.19 bits per heavy atom. The van der Waals surface area contributed by atoms with E-state index in [1.165, 1.54) is 6.33 Å². The van der Waals surface area contributed by atoms with Gasteiger partial charge in [-0.3, -0.25) is 4.79 Å². The summed E-state index contributed by atoms with van der Waals surface area (Å²) in [6.07, 6.45) is 3.06. The fraction of sp³-hybridized carbons (Fsp3) is 0.333. The smallest absolute Gasteiger partial charge is 0.251 e. The van der Waals surface area contributed by atoms with Gasteiger partial charge in [-0.15, -0.1) is 5.10 Å². The minimum atomic E-state index is 0.105. The van der Waals surface area contributed by atoms with Crippen LogP contribution in [-0.2, 0) is 4.79 Å². The monoisotopic (exact) mass is 352 g/mol. The number of nitrogen functional groups attached to an aromatic ring is 1. The Morgan fingerprint density at radius 2 is 1.92 bits per heavy atom. The number of carbonyl (C=O) groups excluding carboxylic acids is 1. The van der Waals surface area contributed by atoms with Crippen LogP contribution in [0.4, 0.5) is 5.82 Å². The van der Waals surface area contributed by atoms with E-state index in [4.69, 9.17) is 10.5 Å². The van der Waals surface area contributed by atoms with Crippen molar-refractivity contribution in [2.45, 2.75) is 25.8 Å². The van der Waals surface area contributed by atoms with Crippen molar-refractivity contribution in [2.75, 3.05) is 18.8 Å². The first-order valence-electron chi connectivity index (χ1n) is 8.60. The standard InChI is InChI=1S/C18H20N6O2/c1-12(25)23-9-7-13(8-10-23)24-17-15(16(19)20-11-21-17)18(22-24)26-14-5-3-2-4-6-14/h2-6,11,13H,7-10H2,1H3,(H2,19,20,21). The van der Waals surface area contributed by atoms with E-state index in [1.807, 2.05) is 39.9 Å². The third-order valence-corrected chi connectivity index (χ3v) is 4.70. The highest BCUT2D eigenvalue weighted by atomic mass is 16.5. The number of anilines is 1. The van der Waals surface area contributed by atoms with E-state index in [0.717, 1.165) is 12.8 Å². The third kappa shape index (κ3) is 2.94. The van der Waals surface area contributed by atoms with Crippen LogP contribution in [-0.4, -0.2) is 43.6 Å². The van der Waals surface area contributed by atoms with Crippen molar-refractivity contribution in [3.8, 4) is 11.6 Å². The van der Waals surface area contributed by atoms with Crippen molar-refractivity contribution in [1.29, 1.82) is 0 Å². The van der Waals surface area contributed by atoms with Gasteiger partial charge in [0.2, 0.25) is 5.91 Å². The Hall–Kier alpha value is -3.16. The average molecular weight is 352 g/mol. The summed E-state index contributed by atoms with van der Waals surface area (Å²) in [5.74, 6) is 1.52.